The van der Waals surface area contributed by atoms with Gasteiger partial charge >= 0.3 is 0 Å². The molecule has 1 atom stereocenters. The SMILES string of the molecule is CCOc1ccc(N([C@H](CC)C(=O)NCc2ccc(N(CC)CC)cc2)S(C)(=O)=O)cc1. The summed E-state index contributed by atoms with van der Waals surface area (Å²) >= 11 is 0. The van der Waals surface area contributed by atoms with Gasteiger partial charge in [0.1, 0.15) is 11.8 Å². The molecule has 32 heavy (non-hydrogen) atoms. The topological polar surface area (TPSA) is 79.0 Å². The zero-order valence-corrected chi connectivity index (χ0v) is 20.5. The highest BCUT2D eigenvalue weighted by Gasteiger charge is 2.31. The highest BCUT2D eigenvalue weighted by molar-refractivity contribution is 7.92. The van der Waals surface area contributed by atoms with Crippen LogP contribution in [0.2, 0.25) is 0 Å². The first-order valence-electron chi connectivity index (χ1n) is 11.1. The van der Waals surface area contributed by atoms with Gasteiger partial charge in [-0.05, 0) is 69.2 Å². The standard InChI is InChI=1S/C24H35N3O4S/c1-6-23(27(32(5,29)30)21-14-16-22(17-15-21)31-9-4)24(28)25-18-19-10-12-20(13-11-19)26(7-2)8-3/h10-17,23H,6-9,18H2,1-5H3,(H,25,28)/t23-/m1/s1. The van der Waals surface area contributed by atoms with Crippen molar-refractivity contribution in [2.24, 2.45) is 0 Å². The lowest BCUT2D eigenvalue weighted by molar-refractivity contribution is -0.122. The van der Waals surface area contributed by atoms with Gasteiger partial charge in [-0.1, -0.05) is 19.1 Å². The van der Waals surface area contributed by atoms with Gasteiger partial charge in [-0.15, -0.1) is 0 Å². The Bertz CT molecular complexity index is 956. The first kappa shape index (κ1) is 25.5. The van der Waals surface area contributed by atoms with Crippen molar-refractivity contribution >= 4 is 27.3 Å². The van der Waals surface area contributed by atoms with E-state index in [9.17, 15) is 13.2 Å². The van der Waals surface area contributed by atoms with E-state index in [0.29, 0.717) is 31.0 Å². The van der Waals surface area contributed by atoms with Crippen molar-refractivity contribution in [2.45, 2.75) is 46.7 Å². The fraction of sp³-hybridized carbons (Fsp3) is 0.458. The summed E-state index contributed by atoms with van der Waals surface area (Å²) in [5.74, 6) is 0.315. The Labute approximate surface area is 192 Å². The minimum absolute atomic E-state index is 0.328. The zero-order chi connectivity index (χ0) is 23.7. The molecule has 0 fully saturated rings. The summed E-state index contributed by atoms with van der Waals surface area (Å²) in [6.07, 6.45) is 1.46. The van der Waals surface area contributed by atoms with Crippen LogP contribution in [0.1, 0.15) is 39.7 Å². The van der Waals surface area contributed by atoms with Crippen molar-refractivity contribution < 1.29 is 17.9 Å². The monoisotopic (exact) mass is 461 g/mol. The van der Waals surface area contributed by atoms with Crippen LogP contribution in [0.3, 0.4) is 0 Å². The maximum absolute atomic E-state index is 13.0. The van der Waals surface area contributed by atoms with Crippen LogP contribution in [0.15, 0.2) is 48.5 Å². The number of sulfonamides is 1. The average Bonchev–Trinajstić information content (AvgIpc) is 2.77. The van der Waals surface area contributed by atoms with E-state index in [2.05, 4.69) is 24.1 Å². The molecule has 1 N–H and O–H groups in total. The number of anilines is 2. The van der Waals surface area contributed by atoms with Gasteiger partial charge in [-0.2, -0.15) is 0 Å². The molecule has 2 rings (SSSR count). The number of nitrogens with one attached hydrogen (secondary N) is 1. The summed E-state index contributed by atoms with van der Waals surface area (Å²) in [5, 5.41) is 2.90. The molecule has 8 heteroatoms. The van der Waals surface area contributed by atoms with Crippen LogP contribution in [0.25, 0.3) is 0 Å². The molecular formula is C24H35N3O4S. The zero-order valence-electron chi connectivity index (χ0n) is 19.7. The van der Waals surface area contributed by atoms with Gasteiger partial charge in [0.25, 0.3) is 0 Å². The summed E-state index contributed by atoms with van der Waals surface area (Å²) < 4.78 is 31.8. The third kappa shape index (κ3) is 6.63. The highest BCUT2D eigenvalue weighted by Crippen LogP contribution is 2.25. The number of carbonyl (C=O) groups is 1. The van der Waals surface area contributed by atoms with E-state index in [-0.39, 0.29) is 5.91 Å². The summed E-state index contributed by atoms with van der Waals surface area (Å²) in [7, 11) is -3.68. The molecule has 0 aromatic heterocycles. The lowest BCUT2D eigenvalue weighted by Crippen LogP contribution is -2.49. The predicted molar refractivity (Wildman–Crippen MR) is 131 cm³/mol. The lowest BCUT2D eigenvalue weighted by atomic mass is 10.1. The van der Waals surface area contributed by atoms with Gasteiger partial charge in [0, 0.05) is 25.3 Å². The van der Waals surface area contributed by atoms with E-state index < -0.39 is 16.1 Å². The normalized spacial score (nSPS) is 12.2. The Balaban J connectivity index is 2.16. The second kappa shape index (κ2) is 11.8. The largest absolute Gasteiger partial charge is 0.494 e. The molecule has 0 saturated carbocycles. The molecule has 0 aliphatic rings. The Morgan fingerprint density at radius 1 is 0.938 bits per heavy atom. The summed E-state index contributed by atoms with van der Waals surface area (Å²) in [6.45, 7) is 10.6. The smallest absolute Gasteiger partial charge is 0.244 e. The fourth-order valence-electron chi connectivity index (χ4n) is 3.64. The van der Waals surface area contributed by atoms with Crippen molar-refractivity contribution in [3.05, 3.63) is 54.1 Å². The minimum Gasteiger partial charge on any atom is -0.494 e. The van der Waals surface area contributed by atoms with Crippen molar-refractivity contribution in [1.82, 2.24) is 5.32 Å². The molecule has 0 aliphatic heterocycles. The van der Waals surface area contributed by atoms with Gasteiger partial charge in [-0.3, -0.25) is 9.10 Å². The van der Waals surface area contributed by atoms with E-state index >= 15 is 0 Å². The van der Waals surface area contributed by atoms with Gasteiger partial charge in [0.05, 0.1) is 18.6 Å². The number of hydrogen-bond donors (Lipinski definition) is 1. The van der Waals surface area contributed by atoms with E-state index in [0.717, 1.165) is 30.6 Å². The molecule has 176 valence electrons. The molecular weight excluding hydrogens is 426 g/mol. The molecule has 2 aromatic carbocycles. The van der Waals surface area contributed by atoms with Gasteiger partial charge in [0.2, 0.25) is 15.9 Å². The van der Waals surface area contributed by atoms with Crippen LogP contribution < -0.4 is 19.3 Å². The minimum atomic E-state index is -3.68. The van der Waals surface area contributed by atoms with Crippen LogP contribution in [0.5, 0.6) is 5.75 Å². The van der Waals surface area contributed by atoms with Crippen LogP contribution >= 0.6 is 0 Å². The van der Waals surface area contributed by atoms with Crippen molar-refractivity contribution in [3.8, 4) is 5.75 Å². The Hall–Kier alpha value is -2.74. The van der Waals surface area contributed by atoms with Crippen LogP contribution in [-0.2, 0) is 21.4 Å². The molecule has 0 aliphatic carbocycles. The first-order valence-corrected chi connectivity index (χ1v) is 12.9. The second-order valence-electron chi connectivity index (χ2n) is 7.47. The van der Waals surface area contributed by atoms with Crippen LogP contribution in [-0.4, -0.2) is 46.3 Å². The molecule has 2 aromatic rings. The van der Waals surface area contributed by atoms with Gasteiger partial charge in [0.15, 0.2) is 0 Å². The molecule has 7 nitrogen and oxygen atoms in total. The van der Waals surface area contributed by atoms with Crippen LogP contribution in [0, 0.1) is 0 Å². The second-order valence-corrected chi connectivity index (χ2v) is 9.33. The average molecular weight is 462 g/mol. The molecule has 0 saturated heterocycles. The van der Waals surface area contributed by atoms with Crippen molar-refractivity contribution in [1.29, 1.82) is 0 Å². The number of amides is 1. The number of nitrogens with zero attached hydrogens (tertiary/aromatic N) is 2. The maximum atomic E-state index is 13.0. The molecule has 0 unspecified atom stereocenters. The summed E-state index contributed by atoms with van der Waals surface area (Å²) in [6, 6.07) is 13.9. The number of ether oxygens (including phenoxy) is 1. The molecule has 0 heterocycles. The molecule has 0 spiro atoms. The molecule has 0 radical (unpaired) electrons. The Morgan fingerprint density at radius 3 is 1.97 bits per heavy atom. The number of rotatable bonds is 12. The lowest BCUT2D eigenvalue weighted by Gasteiger charge is -2.30. The Kier molecular flexibility index (Phi) is 9.38. The Morgan fingerprint density at radius 2 is 1.50 bits per heavy atom. The highest BCUT2D eigenvalue weighted by atomic mass is 32.2. The van der Waals surface area contributed by atoms with E-state index in [1.165, 1.54) is 4.31 Å². The summed E-state index contributed by atoms with van der Waals surface area (Å²) in [5.41, 5.74) is 2.52. The van der Waals surface area contributed by atoms with Crippen LogP contribution in [0.4, 0.5) is 11.4 Å². The predicted octanol–water partition coefficient (Wildman–Crippen LogP) is 3.79. The number of benzene rings is 2. The quantitative estimate of drug-likeness (QED) is 0.520. The van der Waals surface area contributed by atoms with E-state index in [1.54, 1.807) is 31.2 Å². The van der Waals surface area contributed by atoms with E-state index in [4.69, 9.17) is 4.74 Å². The van der Waals surface area contributed by atoms with E-state index in [1.807, 2.05) is 31.2 Å². The van der Waals surface area contributed by atoms with Gasteiger partial charge in [-0.25, -0.2) is 8.42 Å². The third-order valence-electron chi connectivity index (χ3n) is 5.26. The molecule has 0 bridgehead atoms. The summed E-state index contributed by atoms with van der Waals surface area (Å²) in [4.78, 5) is 15.2. The molecule has 1 amide bonds. The first-order chi connectivity index (χ1) is 15.2. The number of carbonyl (C=O) groups excluding carboxylic acids is 1. The van der Waals surface area contributed by atoms with Crippen molar-refractivity contribution in [3.63, 3.8) is 0 Å². The third-order valence-corrected chi connectivity index (χ3v) is 6.44. The fourth-order valence-corrected chi connectivity index (χ4v) is 4.85. The number of hydrogen-bond acceptors (Lipinski definition) is 5. The van der Waals surface area contributed by atoms with Crippen molar-refractivity contribution in [2.75, 3.05) is 35.2 Å². The van der Waals surface area contributed by atoms with Gasteiger partial charge < -0.3 is 15.0 Å². The maximum Gasteiger partial charge on any atom is 0.244 e.